The Balaban J connectivity index is 1.20. The molecule has 0 spiro atoms. The molecular weight excluding hydrogens is 440 g/mol. The number of hydrazine groups is 1. The maximum absolute atomic E-state index is 12.7. The Kier molecular flexibility index (Phi) is 8.58. The van der Waals surface area contributed by atoms with E-state index >= 15 is 0 Å². The summed E-state index contributed by atoms with van der Waals surface area (Å²) in [6.07, 6.45) is 2.82. The molecule has 0 aromatic heterocycles. The Morgan fingerprint density at radius 3 is 2.82 bits per heavy atom. The van der Waals surface area contributed by atoms with Gasteiger partial charge >= 0.3 is 0 Å². The first kappa shape index (κ1) is 24.0. The molecule has 33 heavy (non-hydrogen) atoms. The van der Waals surface area contributed by atoms with Crippen molar-refractivity contribution in [2.75, 3.05) is 33.4 Å². The fourth-order valence-electron chi connectivity index (χ4n) is 4.34. The molecule has 2 saturated heterocycles. The highest BCUT2D eigenvalue weighted by Gasteiger charge is 2.30. The van der Waals surface area contributed by atoms with Crippen LogP contribution in [0.15, 0.2) is 48.5 Å². The number of hydrogen-bond acceptors (Lipinski definition) is 6. The number of amides is 1. The molecule has 1 amide bonds. The summed E-state index contributed by atoms with van der Waals surface area (Å²) in [5.74, 6) is 0.792. The molecule has 7 nitrogen and oxygen atoms in total. The quantitative estimate of drug-likeness (QED) is 0.521. The second-order valence-electron chi connectivity index (χ2n) is 8.72. The van der Waals surface area contributed by atoms with Gasteiger partial charge in [0.25, 0.3) is 0 Å². The third-order valence-corrected chi connectivity index (χ3v) is 6.60. The standard InChI is InChI=1S/C25H33ClN4O3/c1-30(21-8-11-32-12-9-21)10-13-33-22-7-2-4-18(14-22)17-27-25(31)24-16-23(28-29-24)19-5-3-6-20(26)15-19/h2-7,14-15,21,23-24,28-29H,8-13,16-17H2,1H3,(H,27,31). The number of carbonyl (C=O) groups excluding carboxylic acids is 1. The van der Waals surface area contributed by atoms with Crippen molar-refractivity contribution in [1.29, 1.82) is 0 Å². The predicted molar refractivity (Wildman–Crippen MR) is 129 cm³/mol. The van der Waals surface area contributed by atoms with Crippen molar-refractivity contribution < 1.29 is 14.3 Å². The van der Waals surface area contributed by atoms with Gasteiger partial charge in [-0.05, 0) is 61.7 Å². The SMILES string of the molecule is CN(CCOc1cccc(CNC(=O)C2CC(c3cccc(Cl)c3)NN2)c1)C1CCOCC1. The van der Waals surface area contributed by atoms with Crippen LogP contribution in [-0.4, -0.2) is 56.3 Å². The summed E-state index contributed by atoms with van der Waals surface area (Å²) in [5, 5.41) is 3.72. The zero-order valence-electron chi connectivity index (χ0n) is 19.1. The van der Waals surface area contributed by atoms with Crippen LogP contribution in [0.4, 0.5) is 0 Å². The lowest BCUT2D eigenvalue weighted by Crippen LogP contribution is -2.42. The molecule has 2 aliphatic heterocycles. The van der Waals surface area contributed by atoms with Gasteiger partial charge in [0.1, 0.15) is 18.4 Å². The second kappa shape index (κ2) is 11.8. The molecule has 2 unspecified atom stereocenters. The molecule has 2 aliphatic rings. The van der Waals surface area contributed by atoms with Crippen molar-refractivity contribution in [2.24, 2.45) is 0 Å². The number of nitrogens with one attached hydrogen (secondary N) is 3. The third kappa shape index (κ3) is 6.91. The van der Waals surface area contributed by atoms with Gasteiger partial charge in [-0.15, -0.1) is 0 Å². The maximum Gasteiger partial charge on any atom is 0.238 e. The van der Waals surface area contributed by atoms with Crippen molar-refractivity contribution in [3.63, 3.8) is 0 Å². The van der Waals surface area contributed by atoms with E-state index < -0.39 is 0 Å². The Morgan fingerprint density at radius 2 is 2.00 bits per heavy atom. The van der Waals surface area contributed by atoms with Gasteiger partial charge in [0.2, 0.25) is 5.91 Å². The van der Waals surface area contributed by atoms with Crippen LogP contribution in [0.2, 0.25) is 5.02 Å². The van der Waals surface area contributed by atoms with Gasteiger partial charge < -0.3 is 14.8 Å². The van der Waals surface area contributed by atoms with Crippen LogP contribution < -0.4 is 20.9 Å². The molecule has 2 fully saturated rings. The number of benzene rings is 2. The van der Waals surface area contributed by atoms with Crippen molar-refractivity contribution in [3.8, 4) is 5.75 Å². The van der Waals surface area contributed by atoms with Crippen LogP contribution in [0, 0.1) is 0 Å². The molecule has 3 N–H and O–H groups in total. The lowest BCUT2D eigenvalue weighted by Gasteiger charge is -2.31. The number of likely N-dealkylation sites (N-methyl/N-ethyl adjacent to an activating group) is 1. The fourth-order valence-corrected chi connectivity index (χ4v) is 4.54. The minimum atomic E-state index is -0.297. The van der Waals surface area contributed by atoms with Gasteiger partial charge in [0, 0.05) is 43.4 Å². The average Bonchev–Trinajstić information content (AvgIpc) is 3.34. The van der Waals surface area contributed by atoms with E-state index in [1.54, 1.807) is 0 Å². The van der Waals surface area contributed by atoms with Gasteiger partial charge in [-0.25, -0.2) is 10.9 Å². The normalized spacial score (nSPS) is 21.3. The van der Waals surface area contributed by atoms with E-state index in [0.717, 1.165) is 49.5 Å². The molecule has 2 aromatic carbocycles. The first-order chi connectivity index (χ1) is 16.1. The van der Waals surface area contributed by atoms with Crippen LogP contribution in [0.1, 0.15) is 36.4 Å². The number of rotatable bonds is 9. The smallest absolute Gasteiger partial charge is 0.238 e. The molecule has 0 aliphatic carbocycles. The number of hydrogen-bond donors (Lipinski definition) is 3. The van der Waals surface area contributed by atoms with E-state index in [4.69, 9.17) is 21.1 Å². The molecule has 2 atom stereocenters. The average molecular weight is 473 g/mol. The lowest BCUT2D eigenvalue weighted by molar-refractivity contribution is -0.123. The molecule has 8 heteroatoms. The molecule has 0 saturated carbocycles. The van der Waals surface area contributed by atoms with E-state index in [1.807, 2.05) is 48.5 Å². The van der Waals surface area contributed by atoms with Crippen LogP contribution in [0.25, 0.3) is 0 Å². The van der Waals surface area contributed by atoms with E-state index in [1.165, 1.54) is 0 Å². The van der Waals surface area contributed by atoms with Gasteiger partial charge in [-0.3, -0.25) is 9.69 Å². The van der Waals surface area contributed by atoms with Crippen LogP contribution >= 0.6 is 11.6 Å². The van der Waals surface area contributed by atoms with Crippen LogP contribution in [0.3, 0.4) is 0 Å². The number of ether oxygens (including phenoxy) is 2. The van der Waals surface area contributed by atoms with E-state index in [2.05, 4.69) is 28.1 Å². The second-order valence-corrected chi connectivity index (χ2v) is 9.16. The summed E-state index contributed by atoms with van der Waals surface area (Å²) in [6, 6.07) is 15.9. The fraction of sp³-hybridized carbons (Fsp3) is 0.480. The van der Waals surface area contributed by atoms with Gasteiger partial charge in [0.05, 0.1) is 0 Å². The van der Waals surface area contributed by atoms with Gasteiger partial charge in [-0.1, -0.05) is 35.9 Å². The highest BCUT2D eigenvalue weighted by molar-refractivity contribution is 6.30. The number of nitrogens with zero attached hydrogens (tertiary/aromatic N) is 1. The highest BCUT2D eigenvalue weighted by Crippen LogP contribution is 2.24. The van der Waals surface area contributed by atoms with Crippen molar-refractivity contribution in [3.05, 3.63) is 64.7 Å². The summed E-state index contributed by atoms with van der Waals surface area (Å²) < 4.78 is 11.4. The van der Waals surface area contributed by atoms with Crippen LogP contribution in [0.5, 0.6) is 5.75 Å². The molecule has 178 valence electrons. The topological polar surface area (TPSA) is 74.9 Å². The molecule has 0 bridgehead atoms. The van der Waals surface area contributed by atoms with Crippen LogP contribution in [-0.2, 0) is 16.1 Å². The summed E-state index contributed by atoms with van der Waals surface area (Å²) in [5.41, 5.74) is 8.37. The summed E-state index contributed by atoms with van der Waals surface area (Å²) in [4.78, 5) is 15.0. The molecule has 2 heterocycles. The van der Waals surface area contributed by atoms with E-state index in [9.17, 15) is 4.79 Å². The third-order valence-electron chi connectivity index (χ3n) is 6.36. The monoisotopic (exact) mass is 472 g/mol. The van der Waals surface area contributed by atoms with Gasteiger partial charge in [0.15, 0.2) is 0 Å². The molecule has 0 radical (unpaired) electrons. The molecular formula is C25H33ClN4O3. The maximum atomic E-state index is 12.7. The molecule has 2 aromatic rings. The van der Waals surface area contributed by atoms with Gasteiger partial charge in [-0.2, -0.15) is 0 Å². The Hall–Kier alpha value is -2.16. The van der Waals surface area contributed by atoms with E-state index in [-0.39, 0.29) is 18.0 Å². The zero-order valence-corrected chi connectivity index (χ0v) is 19.8. The summed E-state index contributed by atoms with van der Waals surface area (Å²) in [6.45, 7) is 3.65. The first-order valence-electron chi connectivity index (χ1n) is 11.6. The minimum absolute atomic E-state index is 0.0311. The lowest BCUT2D eigenvalue weighted by atomic mass is 10.0. The number of halogens is 1. The first-order valence-corrected chi connectivity index (χ1v) is 12.0. The Bertz CT molecular complexity index is 922. The largest absolute Gasteiger partial charge is 0.492 e. The number of carbonyl (C=O) groups is 1. The summed E-state index contributed by atoms with van der Waals surface area (Å²) in [7, 11) is 2.15. The van der Waals surface area contributed by atoms with E-state index in [0.29, 0.717) is 30.6 Å². The van der Waals surface area contributed by atoms with Crippen molar-refractivity contribution >= 4 is 17.5 Å². The van der Waals surface area contributed by atoms with Crippen molar-refractivity contribution in [1.82, 2.24) is 21.1 Å². The highest BCUT2D eigenvalue weighted by atomic mass is 35.5. The van der Waals surface area contributed by atoms with Crippen molar-refractivity contribution in [2.45, 2.75) is 43.9 Å². The Morgan fingerprint density at radius 1 is 1.18 bits per heavy atom. The zero-order chi connectivity index (χ0) is 23.0. The Labute approximate surface area is 200 Å². The minimum Gasteiger partial charge on any atom is -0.492 e. The molecule has 4 rings (SSSR count). The predicted octanol–water partition coefficient (Wildman–Crippen LogP) is 3.05. The summed E-state index contributed by atoms with van der Waals surface area (Å²) >= 11 is 6.09.